The lowest BCUT2D eigenvalue weighted by Crippen LogP contribution is -2.25. The molecule has 0 unspecified atom stereocenters. The molecule has 1 N–H and O–H groups in total. The summed E-state index contributed by atoms with van der Waals surface area (Å²) in [5.74, 6) is 2.02. The van der Waals surface area contributed by atoms with Crippen molar-refractivity contribution in [3.8, 4) is 39.9 Å². The number of fused-ring (bicyclic) bond motifs is 3. The highest BCUT2D eigenvalue weighted by molar-refractivity contribution is 5.99. The zero-order valence-corrected chi connectivity index (χ0v) is 17.6. The van der Waals surface area contributed by atoms with Crippen molar-refractivity contribution in [2.45, 2.75) is 6.54 Å². The van der Waals surface area contributed by atoms with Gasteiger partial charge in [-0.25, -0.2) is 4.79 Å². The molecule has 0 saturated heterocycles. The van der Waals surface area contributed by atoms with Crippen molar-refractivity contribution < 1.29 is 33.6 Å². The van der Waals surface area contributed by atoms with E-state index in [4.69, 9.17) is 23.7 Å². The minimum Gasteiger partial charge on any atom is -0.454 e. The maximum Gasteiger partial charge on any atom is 0.511 e. The van der Waals surface area contributed by atoms with Crippen LogP contribution in [0.25, 0.3) is 22.0 Å². The van der Waals surface area contributed by atoms with Crippen LogP contribution in [0.15, 0.2) is 65.5 Å². The van der Waals surface area contributed by atoms with Crippen molar-refractivity contribution in [3.63, 3.8) is 0 Å². The van der Waals surface area contributed by atoms with Crippen LogP contribution in [-0.2, 0) is 6.54 Å². The fourth-order valence-corrected chi connectivity index (χ4v) is 4.28. The van der Waals surface area contributed by atoms with Crippen LogP contribution < -0.4 is 29.2 Å². The third-order valence-electron chi connectivity index (χ3n) is 5.76. The van der Waals surface area contributed by atoms with Gasteiger partial charge in [0, 0.05) is 10.9 Å². The average molecular weight is 459 g/mol. The highest BCUT2D eigenvalue weighted by atomic mass is 16.7. The van der Waals surface area contributed by atoms with Gasteiger partial charge in [-0.15, -0.1) is 0 Å². The topological polar surface area (TPSA) is 105 Å². The second-order valence-electron chi connectivity index (χ2n) is 7.74. The SMILES string of the molecule is O=C(O)Oc1c(-c2ccc3c(c2)OCO3)c2ccccc2n(Cc2ccc3c(c2)OCO3)c1=O. The van der Waals surface area contributed by atoms with Crippen LogP contribution in [0.1, 0.15) is 5.56 Å². The van der Waals surface area contributed by atoms with E-state index in [-0.39, 0.29) is 25.9 Å². The van der Waals surface area contributed by atoms with Crippen molar-refractivity contribution in [2.75, 3.05) is 13.6 Å². The molecule has 0 fully saturated rings. The predicted molar refractivity (Wildman–Crippen MR) is 120 cm³/mol. The number of hydrogen-bond donors (Lipinski definition) is 1. The van der Waals surface area contributed by atoms with E-state index in [2.05, 4.69) is 0 Å². The van der Waals surface area contributed by atoms with Crippen molar-refractivity contribution >= 4 is 17.1 Å². The lowest BCUT2D eigenvalue weighted by atomic mass is 9.99. The molecule has 1 aromatic heterocycles. The van der Waals surface area contributed by atoms with Crippen molar-refractivity contribution in [2.24, 2.45) is 0 Å². The molecule has 0 saturated carbocycles. The maximum absolute atomic E-state index is 13.6. The number of rotatable bonds is 4. The summed E-state index contributed by atoms with van der Waals surface area (Å²) >= 11 is 0. The lowest BCUT2D eigenvalue weighted by Gasteiger charge is -2.17. The molecule has 2 aliphatic heterocycles. The summed E-state index contributed by atoms with van der Waals surface area (Å²) in [4.78, 5) is 25.2. The number of nitrogens with zero attached hydrogens (tertiary/aromatic N) is 1. The number of carbonyl (C=O) groups is 1. The molecule has 0 amide bonds. The van der Waals surface area contributed by atoms with Crippen LogP contribution in [0.4, 0.5) is 4.79 Å². The molecule has 4 aromatic rings. The molecular weight excluding hydrogens is 442 g/mol. The van der Waals surface area contributed by atoms with Crippen molar-refractivity contribution in [3.05, 3.63) is 76.6 Å². The normalized spacial score (nSPS) is 13.3. The minimum absolute atomic E-state index is 0.0924. The molecular formula is C25H17NO8. The molecule has 34 heavy (non-hydrogen) atoms. The van der Waals surface area contributed by atoms with Crippen LogP contribution >= 0.6 is 0 Å². The second kappa shape index (κ2) is 7.73. The zero-order valence-electron chi connectivity index (χ0n) is 17.6. The highest BCUT2D eigenvalue weighted by Gasteiger charge is 2.24. The Labute approximate surface area is 192 Å². The molecule has 6 rings (SSSR count). The predicted octanol–water partition coefficient (Wildman–Crippen LogP) is 4.23. The van der Waals surface area contributed by atoms with Crippen LogP contribution in [-0.4, -0.2) is 29.4 Å². The number of hydrogen-bond acceptors (Lipinski definition) is 7. The van der Waals surface area contributed by atoms with E-state index in [0.717, 1.165) is 5.56 Å². The summed E-state index contributed by atoms with van der Waals surface area (Å²) in [6.07, 6.45) is -1.58. The number of para-hydroxylation sites is 1. The van der Waals surface area contributed by atoms with E-state index in [0.29, 0.717) is 45.0 Å². The van der Waals surface area contributed by atoms with Crippen LogP contribution in [0, 0.1) is 0 Å². The van der Waals surface area contributed by atoms with Gasteiger partial charge in [-0.3, -0.25) is 4.79 Å². The van der Waals surface area contributed by atoms with Gasteiger partial charge in [0.05, 0.1) is 12.1 Å². The Morgan fingerprint density at radius 1 is 0.882 bits per heavy atom. The van der Waals surface area contributed by atoms with E-state index in [1.54, 1.807) is 30.3 Å². The zero-order chi connectivity index (χ0) is 23.2. The Balaban J connectivity index is 1.57. The lowest BCUT2D eigenvalue weighted by molar-refractivity contribution is 0.144. The summed E-state index contributed by atoms with van der Waals surface area (Å²) < 4.78 is 28.2. The number of aromatic nitrogens is 1. The van der Waals surface area contributed by atoms with Gasteiger partial charge in [-0.05, 0) is 41.5 Å². The number of ether oxygens (including phenoxy) is 5. The summed E-state index contributed by atoms with van der Waals surface area (Å²) in [5, 5.41) is 10.1. The summed E-state index contributed by atoms with van der Waals surface area (Å²) in [6, 6.07) is 17.8. The molecule has 0 bridgehead atoms. The van der Waals surface area contributed by atoms with E-state index in [9.17, 15) is 14.7 Å². The van der Waals surface area contributed by atoms with Gasteiger partial charge in [0.1, 0.15) is 0 Å². The van der Waals surface area contributed by atoms with Gasteiger partial charge in [-0.2, -0.15) is 0 Å². The number of benzene rings is 3. The number of pyridine rings is 1. The summed E-state index contributed by atoms with van der Waals surface area (Å²) in [5.41, 5.74) is 1.77. The van der Waals surface area contributed by atoms with Gasteiger partial charge in [-0.1, -0.05) is 30.3 Å². The second-order valence-corrected chi connectivity index (χ2v) is 7.74. The molecule has 3 heterocycles. The molecule has 0 atom stereocenters. The first-order valence-corrected chi connectivity index (χ1v) is 10.4. The Bertz CT molecular complexity index is 1520. The fraction of sp³-hybridized carbons (Fsp3) is 0.120. The largest absolute Gasteiger partial charge is 0.511 e. The third kappa shape index (κ3) is 3.25. The van der Waals surface area contributed by atoms with E-state index >= 15 is 0 Å². The summed E-state index contributed by atoms with van der Waals surface area (Å²) in [7, 11) is 0. The Morgan fingerprint density at radius 2 is 1.56 bits per heavy atom. The van der Waals surface area contributed by atoms with E-state index < -0.39 is 11.7 Å². The maximum atomic E-state index is 13.6. The van der Waals surface area contributed by atoms with Gasteiger partial charge < -0.3 is 33.4 Å². The summed E-state index contributed by atoms with van der Waals surface area (Å²) in [6.45, 7) is 0.408. The van der Waals surface area contributed by atoms with E-state index in [1.165, 1.54) is 4.57 Å². The quantitative estimate of drug-likeness (QED) is 0.452. The molecule has 2 aliphatic rings. The first-order valence-electron chi connectivity index (χ1n) is 10.4. The standard InChI is InChI=1S/C25H17NO8/c27-24-23(34-25(28)29)22(15-6-8-19-21(10-15)33-13-31-19)16-3-1-2-4-17(16)26(24)11-14-5-7-18-20(9-14)32-12-30-18/h1-10H,11-13H2,(H,28,29). The Hall–Kier alpha value is -4.66. The Kier molecular flexibility index (Phi) is 4.54. The molecule has 9 nitrogen and oxygen atoms in total. The van der Waals surface area contributed by atoms with Crippen LogP contribution in [0.2, 0.25) is 0 Å². The average Bonchev–Trinajstić information content (AvgIpc) is 3.50. The first-order chi connectivity index (χ1) is 16.6. The highest BCUT2D eigenvalue weighted by Crippen LogP contribution is 2.41. The van der Waals surface area contributed by atoms with Crippen LogP contribution in [0.5, 0.6) is 28.7 Å². The van der Waals surface area contributed by atoms with Crippen LogP contribution in [0.3, 0.4) is 0 Å². The molecule has 3 aromatic carbocycles. The molecule has 0 radical (unpaired) electrons. The van der Waals surface area contributed by atoms with Gasteiger partial charge >= 0.3 is 6.16 Å². The number of carboxylic acid groups (broad SMARTS) is 1. The third-order valence-corrected chi connectivity index (χ3v) is 5.76. The Morgan fingerprint density at radius 3 is 2.32 bits per heavy atom. The van der Waals surface area contributed by atoms with Gasteiger partial charge in [0.15, 0.2) is 23.0 Å². The van der Waals surface area contributed by atoms with E-state index in [1.807, 2.05) is 30.3 Å². The molecule has 170 valence electrons. The molecule has 0 aliphatic carbocycles. The smallest absolute Gasteiger partial charge is 0.454 e. The van der Waals surface area contributed by atoms with Gasteiger partial charge in [0.25, 0.3) is 5.56 Å². The minimum atomic E-state index is -1.58. The van der Waals surface area contributed by atoms with Gasteiger partial charge in [0.2, 0.25) is 19.3 Å². The monoisotopic (exact) mass is 459 g/mol. The molecule has 9 heteroatoms. The fourth-order valence-electron chi connectivity index (χ4n) is 4.28. The van der Waals surface area contributed by atoms with Crippen molar-refractivity contribution in [1.82, 2.24) is 4.57 Å². The molecule has 0 spiro atoms. The first kappa shape index (κ1) is 20.0. The van der Waals surface area contributed by atoms with Crippen molar-refractivity contribution in [1.29, 1.82) is 0 Å².